The summed E-state index contributed by atoms with van der Waals surface area (Å²) < 4.78 is 0. The van der Waals surface area contributed by atoms with Crippen molar-refractivity contribution in [2.45, 2.75) is 18.9 Å². The first-order valence-corrected chi connectivity index (χ1v) is 9.35. The molecule has 3 saturated heterocycles. The minimum absolute atomic E-state index is 0.0692. The Balaban J connectivity index is 1.44. The van der Waals surface area contributed by atoms with E-state index in [0.717, 1.165) is 28.6 Å². The highest BCUT2D eigenvalue weighted by Crippen LogP contribution is 2.29. The molecule has 2 bridgehead atoms. The lowest BCUT2D eigenvalue weighted by Gasteiger charge is -2.44. The number of carbonyl (C=O) groups is 1. The van der Waals surface area contributed by atoms with Crippen molar-refractivity contribution < 1.29 is 4.79 Å². The number of hydrogen-bond donors (Lipinski definition) is 2. The highest BCUT2D eigenvalue weighted by Gasteiger charge is 2.35. The smallest absolute Gasteiger partial charge is 0.272 e. The van der Waals surface area contributed by atoms with Crippen LogP contribution in [0.5, 0.6) is 0 Å². The van der Waals surface area contributed by atoms with Crippen LogP contribution in [0.3, 0.4) is 0 Å². The molecule has 2 aromatic carbocycles. The third kappa shape index (κ3) is 2.69. The lowest BCUT2D eigenvalue weighted by atomic mass is 9.84. The van der Waals surface area contributed by atoms with Crippen molar-refractivity contribution in [2.75, 3.05) is 19.6 Å². The fourth-order valence-corrected chi connectivity index (χ4v) is 4.36. The highest BCUT2D eigenvalue weighted by atomic mass is 16.2. The summed E-state index contributed by atoms with van der Waals surface area (Å²) in [7, 11) is 0. The fraction of sp³-hybridized carbons (Fsp3) is 0.333. The van der Waals surface area contributed by atoms with Crippen LogP contribution >= 0.6 is 0 Å². The zero-order valence-electron chi connectivity index (χ0n) is 14.6. The Morgan fingerprint density at radius 3 is 2.62 bits per heavy atom. The number of H-pyrrole nitrogens is 1. The van der Waals surface area contributed by atoms with E-state index in [4.69, 9.17) is 0 Å². The van der Waals surface area contributed by atoms with Crippen LogP contribution in [-0.4, -0.2) is 46.7 Å². The van der Waals surface area contributed by atoms with E-state index in [1.165, 1.54) is 25.9 Å². The van der Waals surface area contributed by atoms with Crippen molar-refractivity contribution in [1.82, 2.24) is 20.4 Å². The van der Waals surface area contributed by atoms with Crippen LogP contribution in [0.15, 0.2) is 48.5 Å². The Hall–Kier alpha value is -2.66. The van der Waals surface area contributed by atoms with Gasteiger partial charge in [-0.15, -0.1) is 0 Å². The fourth-order valence-electron chi connectivity index (χ4n) is 4.36. The summed E-state index contributed by atoms with van der Waals surface area (Å²) in [6, 6.07) is 16.6. The minimum Gasteiger partial charge on any atom is -0.346 e. The Labute approximate surface area is 152 Å². The number of aromatic nitrogens is 2. The van der Waals surface area contributed by atoms with Crippen LogP contribution in [-0.2, 0) is 0 Å². The molecule has 26 heavy (non-hydrogen) atoms. The van der Waals surface area contributed by atoms with Crippen molar-refractivity contribution in [2.24, 2.45) is 5.92 Å². The lowest BCUT2D eigenvalue weighted by Crippen LogP contribution is -2.57. The quantitative estimate of drug-likeness (QED) is 0.766. The third-order valence-corrected chi connectivity index (χ3v) is 5.86. The van der Waals surface area contributed by atoms with E-state index in [9.17, 15) is 4.79 Å². The topological polar surface area (TPSA) is 61.0 Å². The highest BCUT2D eigenvalue weighted by molar-refractivity contribution is 6.05. The third-order valence-electron chi connectivity index (χ3n) is 5.86. The van der Waals surface area contributed by atoms with Gasteiger partial charge in [0.2, 0.25) is 0 Å². The molecule has 0 unspecified atom stereocenters. The maximum Gasteiger partial charge on any atom is 0.272 e. The normalized spacial score (nSPS) is 24.7. The summed E-state index contributed by atoms with van der Waals surface area (Å²) in [6.45, 7) is 3.31. The van der Waals surface area contributed by atoms with Crippen LogP contribution in [0.4, 0.5) is 0 Å². The molecule has 1 amide bonds. The first-order chi connectivity index (χ1) is 12.8. The number of amides is 1. The van der Waals surface area contributed by atoms with Gasteiger partial charge in [-0.3, -0.25) is 9.89 Å². The largest absolute Gasteiger partial charge is 0.346 e. The van der Waals surface area contributed by atoms with Crippen molar-refractivity contribution in [3.05, 3.63) is 54.2 Å². The van der Waals surface area contributed by atoms with E-state index < -0.39 is 0 Å². The average Bonchev–Trinajstić information content (AvgIpc) is 3.13. The van der Waals surface area contributed by atoms with Gasteiger partial charge in [-0.2, -0.15) is 5.10 Å². The van der Waals surface area contributed by atoms with Gasteiger partial charge in [0.25, 0.3) is 5.91 Å². The van der Waals surface area contributed by atoms with Gasteiger partial charge in [-0.1, -0.05) is 36.4 Å². The Bertz CT molecular complexity index is 941. The van der Waals surface area contributed by atoms with Crippen LogP contribution in [0.2, 0.25) is 0 Å². The Morgan fingerprint density at radius 1 is 1.08 bits per heavy atom. The van der Waals surface area contributed by atoms with E-state index in [1.54, 1.807) is 0 Å². The predicted molar refractivity (Wildman–Crippen MR) is 102 cm³/mol. The van der Waals surface area contributed by atoms with Crippen molar-refractivity contribution in [3.63, 3.8) is 0 Å². The maximum atomic E-state index is 12.9. The molecular weight excluding hydrogens is 324 g/mol. The van der Waals surface area contributed by atoms with Crippen LogP contribution in [0.25, 0.3) is 22.0 Å². The van der Waals surface area contributed by atoms with Crippen molar-refractivity contribution in [3.8, 4) is 11.1 Å². The second-order valence-electron chi connectivity index (χ2n) is 7.42. The van der Waals surface area contributed by atoms with Gasteiger partial charge in [0.05, 0.1) is 5.52 Å². The second-order valence-corrected chi connectivity index (χ2v) is 7.42. The van der Waals surface area contributed by atoms with Crippen molar-refractivity contribution in [1.29, 1.82) is 0 Å². The molecule has 4 heterocycles. The molecule has 5 nitrogen and oxygen atoms in total. The van der Waals surface area contributed by atoms with Crippen LogP contribution < -0.4 is 5.32 Å². The zero-order chi connectivity index (χ0) is 17.5. The molecule has 5 heteroatoms. The molecule has 2 N–H and O–H groups in total. The van der Waals surface area contributed by atoms with Gasteiger partial charge >= 0.3 is 0 Å². The number of fused-ring (bicyclic) bond motifs is 4. The second kappa shape index (κ2) is 6.25. The van der Waals surface area contributed by atoms with Crippen LogP contribution in [0, 0.1) is 5.92 Å². The number of carbonyl (C=O) groups excluding carboxylic acids is 1. The van der Waals surface area contributed by atoms with Crippen LogP contribution in [0.1, 0.15) is 23.3 Å². The van der Waals surface area contributed by atoms with E-state index in [2.05, 4.69) is 44.7 Å². The number of aromatic amines is 1. The number of nitrogens with one attached hydrogen (secondary N) is 2. The van der Waals surface area contributed by atoms with E-state index in [0.29, 0.717) is 11.6 Å². The molecule has 0 aliphatic carbocycles. The average molecular weight is 346 g/mol. The SMILES string of the molecule is O=C(N[C@@H]1CN2CCC1CC2)c1n[nH]c2ccc(-c3ccccc3)cc12. The van der Waals surface area contributed by atoms with Gasteiger partial charge in [-0.25, -0.2) is 0 Å². The molecule has 6 rings (SSSR count). The zero-order valence-corrected chi connectivity index (χ0v) is 14.6. The maximum absolute atomic E-state index is 12.9. The minimum atomic E-state index is -0.0692. The predicted octanol–water partition coefficient (Wildman–Crippen LogP) is 3.05. The van der Waals surface area contributed by atoms with Gasteiger partial charge < -0.3 is 10.2 Å². The first-order valence-electron chi connectivity index (χ1n) is 9.35. The number of hydrogen-bond acceptors (Lipinski definition) is 3. The summed E-state index contributed by atoms with van der Waals surface area (Å²) in [5, 5.41) is 11.4. The standard InChI is InChI=1S/C21H22N4O/c26-21(22-19-13-25-10-8-15(19)9-11-25)20-17-12-16(6-7-18(17)23-24-20)14-4-2-1-3-5-14/h1-7,12,15,19H,8-11,13H2,(H,22,26)(H,23,24)/t19-/m1/s1. The summed E-state index contributed by atoms with van der Waals surface area (Å²) in [6.07, 6.45) is 2.37. The molecule has 3 aliphatic rings. The molecule has 3 aliphatic heterocycles. The summed E-state index contributed by atoms with van der Waals surface area (Å²) in [5.41, 5.74) is 3.62. The molecule has 0 radical (unpaired) electrons. The molecule has 132 valence electrons. The molecule has 0 spiro atoms. The van der Waals surface area contributed by atoms with E-state index in [1.807, 2.05) is 24.3 Å². The Kier molecular flexibility index (Phi) is 3.75. The Morgan fingerprint density at radius 2 is 1.88 bits per heavy atom. The number of benzene rings is 2. The van der Waals surface area contributed by atoms with Crippen molar-refractivity contribution >= 4 is 16.8 Å². The van der Waals surface area contributed by atoms with Gasteiger partial charge in [0.15, 0.2) is 5.69 Å². The summed E-state index contributed by atoms with van der Waals surface area (Å²) in [5.74, 6) is 0.536. The molecule has 1 aromatic heterocycles. The summed E-state index contributed by atoms with van der Waals surface area (Å²) in [4.78, 5) is 15.3. The van der Waals surface area contributed by atoms with Gasteiger partial charge in [-0.05, 0) is 55.1 Å². The van der Waals surface area contributed by atoms with Gasteiger partial charge in [0.1, 0.15) is 0 Å². The van der Waals surface area contributed by atoms with Gasteiger partial charge in [0, 0.05) is 18.0 Å². The van der Waals surface area contributed by atoms with E-state index in [-0.39, 0.29) is 11.9 Å². The lowest BCUT2D eigenvalue weighted by molar-refractivity contribution is 0.0618. The molecular formula is C21H22N4O. The molecule has 3 fully saturated rings. The monoisotopic (exact) mass is 346 g/mol. The number of nitrogens with zero attached hydrogens (tertiary/aromatic N) is 2. The number of piperidine rings is 3. The molecule has 1 atom stereocenters. The first kappa shape index (κ1) is 15.6. The molecule has 3 aromatic rings. The van der Waals surface area contributed by atoms with E-state index >= 15 is 0 Å². The summed E-state index contributed by atoms with van der Waals surface area (Å²) >= 11 is 0. The molecule has 0 saturated carbocycles. The number of rotatable bonds is 3.